The van der Waals surface area contributed by atoms with E-state index in [9.17, 15) is 13.6 Å². The average Bonchev–Trinajstić information content (AvgIpc) is 2.41. The van der Waals surface area contributed by atoms with Gasteiger partial charge in [0.15, 0.2) is 11.6 Å². The number of anilines is 1. The Kier molecular flexibility index (Phi) is 4.30. The second kappa shape index (κ2) is 6.14. The van der Waals surface area contributed by atoms with Gasteiger partial charge in [-0.3, -0.25) is 4.79 Å². The minimum Gasteiger partial charge on any atom is -0.494 e. The molecule has 0 saturated heterocycles. The first-order valence-corrected chi connectivity index (χ1v) is 5.96. The number of ether oxygens (including phenoxy) is 1. The Morgan fingerprint density at radius 2 is 1.85 bits per heavy atom. The van der Waals surface area contributed by atoms with Crippen LogP contribution in [-0.2, 0) is 11.2 Å². The van der Waals surface area contributed by atoms with Crippen LogP contribution in [0.25, 0.3) is 0 Å². The number of hydrogen-bond donors (Lipinski definition) is 1. The van der Waals surface area contributed by atoms with Gasteiger partial charge < -0.3 is 10.1 Å². The Morgan fingerprint density at radius 3 is 2.45 bits per heavy atom. The first-order chi connectivity index (χ1) is 9.58. The number of rotatable bonds is 4. The van der Waals surface area contributed by atoms with Gasteiger partial charge in [0, 0.05) is 5.69 Å². The van der Waals surface area contributed by atoms with Crippen molar-refractivity contribution in [3.05, 3.63) is 59.7 Å². The fourth-order valence-corrected chi connectivity index (χ4v) is 1.74. The van der Waals surface area contributed by atoms with E-state index < -0.39 is 5.82 Å². The van der Waals surface area contributed by atoms with Crippen LogP contribution in [0.4, 0.5) is 14.5 Å². The van der Waals surface area contributed by atoms with Gasteiger partial charge in [0.25, 0.3) is 0 Å². The van der Waals surface area contributed by atoms with Crippen LogP contribution in [0, 0.1) is 11.6 Å². The lowest BCUT2D eigenvalue weighted by Gasteiger charge is -2.07. The van der Waals surface area contributed by atoms with Crippen LogP contribution in [0.1, 0.15) is 5.56 Å². The van der Waals surface area contributed by atoms with E-state index in [0.29, 0.717) is 11.3 Å². The molecule has 0 aliphatic heterocycles. The third kappa shape index (κ3) is 3.54. The molecule has 0 fully saturated rings. The van der Waals surface area contributed by atoms with E-state index >= 15 is 0 Å². The first-order valence-electron chi connectivity index (χ1n) is 5.96. The van der Waals surface area contributed by atoms with Crippen LogP contribution < -0.4 is 10.1 Å². The summed E-state index contributed by atoms with van der Waals surface area (Å²) < 4.78 is 31.0. The smallest absolute Gasteiger partial charge is 0.228 e. The van der Waals surface area contributed by atoms with E-state index in [2.05, 4.69) is 5.32 Å². The van der Waals surface area contributed by atoms with Crippen molar-refractivity contribution in [2.24, 2.45) is 0 Å². The number of amides is 1. The fraction of sp³-hybridized carbons (Fsp3) is 0.133. The summed E-state index contributed by atoms with van der Waals surface area (Å²) in [6.07, 6.45) is 0.0261. The van der Waals surface area contributed by atoms with Crippen molar-refractivity contribution in [2.75, 3.05) is 12.4 Å². The molecule has 0 bridgehead atoms. The molecule has 2 rings (SSSR count). The number of halogens is 2. The predicted octanol–water partition coefficient (Wildman–Crippen LogP) is 3.15. The van der Waals surface area contributed by atoms with Gasteiger partial charge in [-0.2, -0.15) is 0 Å². The van der Waals surface area contributed by atoms with Gasteiger partial charge in [0.1, 0.15) is 5.82 Å². The first kappa shape index (κ1) is 14.0. The highest BCUT2D eigenvalue weighted by atomic mass is 19.1. The minimum atomic E-state index is -0.514. The number of nitrogens with one attached hydrogen (secondary N) is 1. The summed E-state index contributed by atoms with van der Waals surface area (Å²) in [4.78, 5) is 11.8. The second-order valence-electron chi connectivity index (χ2n) is 4.20. The van der Waals surface area contributed by atoms with E-state index in [1.165, 1.54) is 43.5 Å². The van der Waals surface area contributed by atoms with Crippen LogP contribution in [0.2, 0.25) is 0 Å². The maximum Gasteiger partial charge on any atom is 0.228 e. The van der Waals surface area contributed by atoms with Crippen molar-refractivity contribution in [2.45, 2.75) is 6.42 Å². The Bertz CT molecular complexity index is 612. The van der Waals surface area contributed by atoms with Gasteiger partial charge in [0.05, 0.1) is 13.5 Å². The molecule has 2 aromatic carbocycles. The average molecular weight is 277 g/mol. The van der Waals surface area contributed by atoms with Crippen molar-refractivity contribution in [3.63, 3.8) is 0 Å². The summed E-state index contributed by atoms with van der Waals surface area (Å²) in [6.45, 7) is 0. The van der Waals surface area contributed by atoms with Gasteiger partial charge in [0.2, 0.25) is 5.91 Å². The van der Waals surface area contributed by atoms with Crippen molar-refractivity contribution >= 4 is 11.6 Å². The van der Waals surface area contributed by atoms with Crippen LogP contribution in [0.5, 0.6) is 5.75 Å². The standard InChI is InChI=1S/C15H13F2NO2/c1-20-14-7-2-10(8-13(14)17)9-15(19)18-12-5-3-11(16)4-6-12/h2-8H,9H2,1H3,(H,18,19). The SMILES string of the molecule is COc1ccc(CC(=O)Nc2ccc(F)cc2)cc1F. The number of carbonyl (C=O) groups excluding carboxylic acids is 1. The Morgan fingerprint density at radius 1 is 1.15 bits per heavy atom. The molecule has 20 heavy (non-hydrogen) atoms. The van der Waals surface area contributed by atoms with E-state index in [1.807, 2.05) is 0 Å². The molecule has 0 radical (unpaired) electrons. The minimum absolute atomic E-state index is 0.0261. The van der Waals surface area contributed by atoms with E-state index in [4.69, 9.17) is 4.74 Å². The molecule has 3 nitrogen and oxygen atoms in total. The monoisotopic (exact) mass is 277 g/mol. The van der Waals surface area contributed by atoms with Crippen molar-refractivity contribution in [1.29, 1.82) is 0 Å². The molecule has 0 aliphatic rings. The van der Waals surface area contributed by atoms with Crippen LogP contribution in [0.3, 0.4) is 0 Å². The van der Waals surface area contributed by atoms with Crippen LogP contribution >= 0.6 is 0 Å². The molecule has 0 heterocycles. The zero-order chi connectivity index (χ0) is 14.5. The third-order valence-electron chi connectivity index (χ3n) is 2.71. The van der Waals surface area contributed by atoms with Crippen LogP contribution in [0.15, 0.2) is 42.5 Å². The quantitative estimate of drug-likeness (QED) is 0.932. The maximum atomic E-state index is 13.5. The molecule has 0 aromatic heterocycles. The Balaban J connectivity index is 2.01. The molecular formula is C15H13F2NO2. The summed E-state index contributed by atoms with van der Waals surface area (Å²) in [5, 5.41) is 2.61. The van der Waals surface area contributed by atoms with Crippen molar-refractivity contribution < 1.29 is 18.3 Å². The van der Waals surface area contributed by atoms with E-state index in [-0.39, 0.29) is 23.9 Å². The summed E-state index contributed by atoms with van der Waals surface area (Å²) in [5.41, 5.74) is 1.02. The molecule has 0 atom stereocenters. The van der Waals surface area contributed by atoms with E-state index in [1.54, 1.807) is 6.07 Å². The number of benzene rings is 2. The topological polar surface area (TPSA) is 38.3 Å². The molecule has 0 saturated carbocycles. The Hall–Kier alpha value is -2.43. The summed E-state index contributed by atoms with van der Waals surface area (Å²) in [6, 6.07) is 9.76. The van der Waals surface area contributed by atoms with Gasteiger partial charge in [-0.25, -0.2) is 8.78 Å². The largest absolute Gasteiger partial charge is 0.494 e. The highest BCUT2D eigenvalue weighted by molar-refractivity contribution is 5.92. The zero-order valence-electron chi connectivity index (χ0n) is 10.8. The van der Waals surface area contributed by atoms with Gasteiger partial charge >= 0.3 is 0 Å². The second-order valence-corrected chi connectivity index (χ2v) is 4.20. The van der Waals surface area contributed by atoms with Crippen LogP contribution in [-0.4, -0.2) is 13.0 Å². The third-order valence-corrected chi connectivity index (χ3v) is 2.71. The number of hydrogen-bond acceptors (Lipinski definition) is 2. The highest BCUT2D eigenvalue weighted by Crippen LogP contribution is 2.18. The molecule has 5 heteroatoms. The number of methoxy groups -OCH3 is 1. The number of carbonyl (C=O) groups is 1. The van der Waals surface area contributed by atoms with Gasteiger partial charge in [-0.15, -0.1) is 0 Å². The molecule has 0 spiro atoms. The highest BCUT2D eigenvalue weighted by Gasteiger charge is 2.08. The summed E-state index contributed by atoms with van der Waals surface area (Å²) in [5.74, 6) is -1.06. The molecule has 1 N–H and O–H groups in total. The zero-order valence-corrected chi connectivity index (χ0v) is 10.8. The molecular weight excluding hydrogens is 264 g/mol. The summed E-state index contributed by atoms with van der Waals surface area (Å²) >= 11 is 0. The lowest BCUT2D eigenvalue weighted by molar-refractivity contribution is -0.115. The predicted molar refractivity (Wildman–Crippen MR) is 71.7 cm³/mol. The molecule has 1 amide bonds. The van der Waals surface area contributed by atoms with Crippen molar-refractivity contribution in [1.82, 2.24) is 0 Å². The lowest BCUT2D eigenvalue weighted by Crippen LogP contribution is -2.14. The molecule has 2 aromatic rings. The molecule has 0 unspecified atom stereocenters. The maximum absolute atomic E-state index is 13.5. The van der Waals surface area contributed by atoms with Gasteiger partial charge in [-0.05, 0) is 42.0 Å². The molecule has 0 aliphatic carbocycles. The lowest BCUT2D eigenvalue weighted by atomic mass is 10.1. The summed E-state index contributed by atoms with van der Waals surface area (Å²) in [7, 11) is 1.37. The Labute approximate surface area is 115 Å². The van der Waals surface area contributed by atoms with Gasteiger partial charge in [-0.1, -0.05) is 6.07 Å². The van der Waals surface area contributed by atoms with E-state index in [0.717, 1.165) is 0 Å². The normalized spacial score (nSPS) is 10.2. The van der Waals surface area contributed by atoms with Crippen molar-refractivity contribution in [3.8, 4) is 5.75 Å². The molecule has 104 valence electrons. The fourth-order valence-electron chi connectivity index (χ4n) is 1.74.